The number of aliphatic carboxylic acids is 1. The number of benzene rings is 1. The average molecular weight is 259 g/mol. The molecule has 1 saturated carbocycles. The van der Waals surface area contributed by atoms with Gasteiger partial charge in [-0.3, -0.25) is 9.59 Å². The number of carbonyl (C=O) groups excluding carboxylic acids is 1. The van der Waals surface area contributed by atoms with Crippen molar-refractivity contribution in [3.05, 3.63) is 30.5 Å². The van der Waals surface area contributed by atoms with Crippen molar-refractivity contribution in [1.29, 1.82) is 0 Å². The highest BCUT2D eigenvalue weighted by molar-refractivity contribution is 6.14. The summed E-state index contributed by atoms with van der Waals surface area (Å²) in [4.78, 5) is 24.9. The number of fused-ring (bicyclic) bond motifs is 1. The second-order valence-electron chi connectivity index (χ2n) is 4.87. The van der Waals surface area contributed by atoms with Crippen molar-refractivity contribution < 1.29 is 19.1 Å². The van der Waals surface area contributed by atoms with Gasteiger partial charge in [-0.25, -0.2) is 0 Å². The second kappa shape index (κ2) is 3.85. The van der Waals surface area contributed by atoms with Crippen LogP contribution < -0.4 is 4.90 Å². The molecule has 2 aromatic rings. The first-order chi connectivity index (χ1) is 9.06. The molecule has 1 N–H and O–H groups in total. The molecule has 0 aliphatic heterocycles. The Kier molecular flexibility index (Phi) is 2.38. The standard InChI is InChI=1S/C14H13NO4/c1-15(12(16)14(6-7-14)13(17)18)10-8-19-11-5-3-2-4-9(10)11/h2-5,8H,6-7H2,1H3,(H,17,18). The molecule has 1 heterocycles. The zero-order chi connectivity index (χ0) is 13.6. The average Bonchev–Trinajstić information content (AvgIpc) is 3.12. The molecule has 19 heavy (non-hydrogen) atoms. The Balaban J connectivity index is 1.98. The monoisotopic (exact) mass is 259 g/mol. The van der Waals surface area contributed by atoms with E-state index in [4.69, 9.17) is 9.52 Å². The normalized spacial score (nSPS) is 16.3. The largest absolute Gasteiger partial charge is 0.480 e. The van der Waals surface area contributed by atoms with E-state index >= 15 is 0 Å². The van der Waals surface area contributed by atoms with E-state index in [1.165, 1.54) is 11.2 Å². The van der Waals surface area contributed by atoms with E-state index in [9.17, 15) is 9.59 Å². The van der Waals surface area contributed by atoms with Crippen LogP contribution in [0.5, 0.6) is 0 Å². The lowest BCUT2D eigenvalue weighted by molar-refractivity contribution is -0.148. The summed E-state index contributed by atoms with van der Waals surface area (Å²) < 4.78 is 5.37. The first-order valence-electron chi connectivity index (χ1n) is 6.04. The molecule has 0 atom stereocenters. The highest BCUT2D eigenvalue weighted by Crippen LogP contribution is 2.48. The third-order valence-corrected chi connectivity index (χ3v) is 3.70. The first kappa shape index (κ1) is 11.8. The van der Waals surface area contributed by atoms with E-state index < -0.39 is 11.4 Å². The lowest BCUT2D eigenvalue weighted by atomic mass is 10.1. The van der Waals surface area contributed by atoms with Crippen LogP contribution in [0, 0.1) is 5.41 Å². The van der Waals surface area contributed by atoms with Crippen LogP contribution in [0.3, 0.4) is 0 Å². The molecule has 1 aliphatic carbocycles. The van der Waals surface area contributed by atoms with Gasteiger partial charge in [-0.2, -0.15) is 0 Å². The summed E-state index contributed by atoms with van der Waals surface area (Å²) in [6, 6.07) is 7.35. The van der Waals surface area contributed by atoms with Gasteiger partial charge >= 0.3 is 5.97 Å². The minimum Gasteiger partial charge on any atom is -0.480 e. The predicted octanol–water partition coefficient (Wildman–Crippen LogP) is 2.26. The lowest BCUT2D eigenvalue weighted by Gasteiger charge is -2.19. The van der Waals surface area contributed by atoms with Gasteiger partial charge in [0.1, 0.15) is 17.3 Å². The highest BCUT2D eigenvalue weighted by atomic mass is 16.4. The molecular formula is C14H13NO4. The van der Waals surface area contributed by atoms with E-state index in [1.807, 2.05) is 18.2 Å². The predicted molar refractivity (Wildman–Crippen MR) is 68.9 cm³/mol. The van der Waals surface area contributed by atoms with Gasteiger partial charge in [-0.1, -0.05) is 12.1 Å². The van der Waals surface area contributed by atoms with Crippen LogP contribution in [-0.2, 0) is 9.59 Å². The van der Waals surface area contributed by atoms with Crippen LogP contribution in [0.15, 0.2) is 34.9 Å². The number of anilines is 1. The molecule has 0 unspecified atom stereocenters. The minimum atomic E-state index is -1.23. The Morgan fingerprint density at radius 3 is 2.63 bits per heavy atom. The minimum absolute atomic E-state index is 0.383. The van der Waals surface area contributed by atoms with Crippen molar-refractivity contribution in [3.8, 4) is 0 Å². The SMILES string of the molecule is CN(C(=O)C1(C(=O)O)CC1)c1coc2ccccc12. The van der Waals surface area contributed by atoms with Gasteiger partial charge in [0.05, 0.1) is 5.69 Å². The quantitative estimate of drug-likeness (QED) is 0.858. The molecule has 0 saturated heterocycles. The summed E-state index contributed by atoms with van der Waals surface area (Å²) in [6.07, 6.45) is 2.29. The fourth-order valence-electron chi connectivity index (χ4n) is 2.30. The number of amides is 1. The number of hydrogen-bond acceptors (Lipinski definition) is 3. The lowest BCUT2D eigenvalue weighted by Crippen LogP contribution is -2.38. The van der Waals surface area contributed by atoms with E-state index in [1.54, 1.807) is 13.1 Å². The van der Waals surface area contributed by atoms with Crippen molar-refractivity contribution in [2.24, 2.45) is 5.41 Å². The molecule has 1 amide bonds. The van der Waals surface area contributed by atoms with Crippen molar-refractivity contribution in [1.82, 2.24) is 0 Å². The zero-order valence-corrected chi connectivity index (χ0v) is 10.4. The first-order valence-corrected chi connectivity index (χ1v) is 6.04. The molecule has 0 spiro atoms. The van der Waals surface area contributed by atoms with E-state index in [0.29, 0.717) is 24.1 Å². The molecule has 0 bridgehead atoms. The molecule has 0 radical (unpaired) electrons. The van der Waals surface area contributed by atoms with Crippen molar-refractivity contribution in [2.45, 2.75) is 12.8 Å². The number of nitrogens with zero attached hydrogens (tertiary/aromatic N) is 1. The number of hydrogen-bond donors (Lipinski definition) is 1. The molecule has 1 aromatic heterocycles. The molecule has 1 fully saturated rings. The number of carbonyl (C=O) groups is 2. The molecule has 98 valence electrons. The van der Waals surface area contributed by atoms with Gasteiger partial charge in [-0.05, 0) is 25.0 Å². The van der Waals surface area contributed by atoms with E-state index in [0.717, 1.165) is 5.39 Å². The number of carboxylic acids is 1. The molecular weight excluding hydrogens is 246 g/mol. The van der Waals surface area contributed by atoms with Gasteiger partial charge in [0.25, 0.3) is 0 Å². The van der Waals surface area contributed by atoms with Gasteiger partial charge in [0, 0.05) is 12.4 Å². The van der Waals surface area contributed by atoms with Crippen molar-refractivity contribution >= 4 is 28.5 Å². The molecule has 5 heteroatoms. The Labute approximate surface area is 109 Å². The van der Waals surface area contributed by atoms with Gasteiger partial charge in [-0.15, -0.1) is 0 Å². The Bertz CT molecular complexity index is 669. The third-order valence-electron chi connectivity index (χ3n) is 3.70. The van der Waals surface area contributed by atoms with Crippen LogP contribution in [-0.4, -0.2) is 24.0 Å². The van der Waals surface area contributed by atoms with Crippen LogP contribution in [0.25, 0.3) is 11.0 Å². The zero-order valence-electron chi connectivity index (χ0n) is 10.4. The second-order valence-corrected chi connectivity index (χ2v) is 4.87. The maximum atomic E-state index is 12.3. The van der Waals surface area contributed by atoms with E-state index in [-0.39, 0.29) is 5.91 Å². The van der Waals surface area contributed by atoms with Crippen molar-refractivity contribution in [3.63, 3.8) is 0 Å². The summed E-state index contributed by atoms with van der Waals surface area (Å²) in [5.41, 5.74) is 0.0538. The third kappa shape index (κ3) is 1.62. The van der Waals surface area contributed by atoms with Gasteiger partial charge in [0.15, 0.2) is 0 Å². The fraction of sp³-hybridized carbons (Fsp3) is 0.286. The summed E-state index contributed by atoms with van der Waals surface area (Å²) in [5.74, 6) is -1.43. The summed E-state index contributed by atoms with van der Waals surface area (Å²) in [6.45, 7) is 0. The summed E-state index contributed by atoms with van der Waals surface area (Å²) in [7, 11) is 1.59. The Morgan fingerprint density at radius 2 is 2.00 bits per heavy atom. The molecule has 1 aliphatic rings. The molecule has 1 aromatic carbocycles. The maximum Gasteiger partial charge on any atom is 0.319 e. The number of para-hydroxylation sites is 1. The maximum absolute atomic E-state index is 12.3. The van der Waals surface area contributed by atoms with Gasteiger partial charge in [0.2, 0.25) is 5.91 Å². The smallest absolute Gasteiger partial charge is 0.319 e. The van der Waals surface area contributed by atoms with Crippen molar-refractivity contribution in [2.75, 3.05) is 11.9 Å². The topological polar surface area (TPSA) is 70.8 Å². The van der Waals surface area contributed by atoms with Crippen LogP contribution in [0.2, 0.25) is 0 Å². The van der Waals surface area contributed by atoms with Crippen LogP contribution >= 0.6 is 0 Å². The summed E-state index contributed by atoms with van der Waals surface area (Å²) in [5, 5.41) is 9.97. The van der Waals surface area contributed by atoms with Gasteiger partial charge < -0.3 is 14.4 Å². The number of furan rings is 1. The summed E-state index contributed by atoms with van der Waals surface area (Å²) >= 11 is 0. The molecule has 5 nitrogen and oxygen atoms in total. The van der Waals surface area contributed by atoms with Crippen LogP contribution in [0.1, 0.15) is 12.8 Å². The Morgan fingerprint density at radius 1 is 1.32 bits per heavy atom. The fourth-order valence-corrected chi connectivity index (χ4v) is 2.30. The molecule has 3 rings (SSSR count). The van der Waals surface area contributed by atoms with Crippen LogP contribution in [0.4, 0.5) is 5.69 Å². The highest BCUT2D eigenvalue weighted by Gasteiger charge is 2.58. The number of carboxylic acid groups (broad SMARTS) is 1. The number of rotatable bonds is 3. The van der Waals surface area contributed by atoms with E-state index in [2.05, 4.69) is 0 Å². The Hall–Kier alpha value is -2.30.